The van der Waals surface area contributed by atoms with Gasteiger partial charge >= 0.3 is 0 Å². The van der Waals surface area contributed by atoms with Gasteiger partial charge in [-0.3, -0.25) is 9.59 Å². The third kappa shape index (κ3) is 5.29. The van der Waals surface area contributed by atoms with Crippen LogP contribution in [-0.4, -0.2) is 16.8 Å². The van der Waals surface area contributed by atoms with Crippen LogP contribution in [0.1, 0.15) is 17.4 Å². The molecule has 0 radical (unpaired) electrons. The van der Waals surface area contributed by atoms with E-state index in [9.17, 15) is 9.59 Å². The lowest BCUT2D eigenvalue weighted by atomic mass is 10.2. The van der Waals surface area contributed by atoms with Gasteiger partial charge in [-0.05, 0) is 54.6 Å². The summed E-state index contributed by atoms with van der Waals surface area (Å²) in [5, 5.41) is 9.27. The summed E-state index contributed by atoms with van der Waals surface area (Å²) in [6, 6.07) is 17.5. The molecule has 0 saturated heterocycles. The molecule has 3 N–H and O–H groups in total. The van der Waals surface area contributed by atoms with E-state index in [-0.39, 0.29) is 11.8 Å². The minimum absolute atomic E-state index is 0.134. The van der Waals surface area contributed by atoms with Crippen LogP contribution in [-0.2, 0) is 4.79 Å². The summed E-state index contributed by atoms with van der Waals surface area (Å²) < 4.78 is 0. The molecule has 0 atom stereocenters. The molecule has 0 aliphatic rings. The zero-order valence-corrected chi connectivity index (χ0v) is 15.2. The van der Waals surface area contributed by atoms with E-state index in [4.69, 9.17) is 11.6 Å². The second kappa shape index (κ2) is 8.33. The van der Waals surface area contributed by atoms with Gasteiger partial charge in [-0.15, -0.1) is 0 Å². The topological polar surface area (TPSA) is 83.1 Å². The zero-order chi connectivity index (χ0) is 19.2. The molecular formula is C20H17ClN4O2. The van der Waals surface area contributed by atoms with E-state index >= 15 is 0 Å². The van der Waals surface area contributed by atoms with Crippen LogP contribution in [0.2, 0.25) is 5.02 Å². The average Bonchev–Trinajstić information content (AvgIpc) is 2.64. The molecule has 136 valence electrons. The standard InChI is InChI=1S/C20H17ClN4O2/c1-13(26)23-16-3-2-4-17(11-16)24-18-9-10-19(22-12-18)20(27)25-15-7-5-14(21)6-8-15/h2-12,24H,1H3,(H,23,26)(H,25,27). The molecule has 0 fully saturated rings. The lowest BCUT2D eigenvalue weighted by Gasteiger charge is -2.09. The van der Waals surface area contributed by atoms with Gasteiger partial charge in [0.05, 0.1) is 11.9 Å². The molecule has 0 aliphatic carbocycles. The van der Waals surface area contributed by atoms with Gasteiger partial charge in [0, 0.05) is 29.0 Å². The van der Waals surface area contributed by atoms with Gasteiger partial charge in [-0.2, -0.15) is 0 Å². The van der Waals surface area contributed by atoms with E-state index in [2.05, 4.69) is 20.9 Å². The Morgan fingerprint density at radius 3 is 2.22 bits per heavy atom. The summed E-state index contributed by atoms with van der Waals surface area (Å²) in [5.74, 6) is -0.443. The summed E-state index contributed by atoms with van der Waals surface area (Å²) in [7, 11) is 0. The minimum Gasteiger partial charge on any atom is -0.354 e. The number of rotatable bonds is 5. The molecule has 2 amide bonds. The first kappa shape index (κ1) is 18.4. The van der Waals surface area contributed by atoms with Crippen molar-refractivity contribution in [1.29, 1.82) is 0 Å². The zero-order valence-electron chi connectivity index (χ0n) is 14.5. The molecular weight excluding hydrogens is 364 g/mol. The van der Waals surface area contributed by atoms with Gasteiger partial charge in [0.15, 0.2) is 0 Å². The van der Waals surface area contributed by atoms with E-state index in [0.29, 0.717) is 22.1 Å². The lowest BCUT2D eigenvalue weighted by molar-refractivity contribution is -0.114. The number of carbonyl (C=O) groups excluding carboxylic acids is 2. The molecule has 0 unspecified atom stereocenters. The summed E-state index contributed by atoms with van der Waals surface area (Å²) in [5.41, 5.74) is 3.14. The Bertz CT molecular complexity index is 956. The van der Waals surface area contributed by atoms with Gasteiger partial charge in [-0.1, -0.05) is 17.7 Å². The third-order valence-corrected chi connectivity index (χ3v) is 3.82. The summed E-state index contributed by atoms with van der Waals surface area (Å²) in [6.45, 7) is 1.46. The van der Waals surface area contributed by atoms with E-state index in [0.717, 1.165) is 11.4 Å². The van der Waals surface area contributed by atoms with Gasteiger partial charge < -0.3 is 16.0 Å². The summed E-state index contributed by atoms with van der Waals surface area (Å²) >= 11 is 5.83. The maximum atomic E-state index is 12.2. The van der Waals surface area contributed by atoms with E-state index < -0.39 is 0 Å². The highest BCUT2D eigenvalue weighted by molar-refractivity contribution is 6.30. The predicted molar refractivity (Wildman–Crippen MR) is 108 cm³/mol. The maximum Gasteiger partial charge on any atom is 0.274 e. The fraction of sp³-hybridized carbons (Fsp3) is 0.0500. The van der Waals surface area contributed by atoms with Gasteiger partial charge in [0.1, 0.15) is 5.69 Å². The molecule has 0 bridgehead atoms. The van der Waals surface area contributed by atoms with Crippen molar-refractivity contribution < 1.29 is 9.59 Å². The number of hydrogen-bond acceptors (Lipinski definition) is 4. The lowest BCUT2D eigenvalue weighted by Crippen LogP contribution is -2.13. The van der Waals surface area contributed by atoms with Crippen molar-refractivity contribution in [1.82, 2.24) is 4.98 Å². The Morgan fingerprint density at radius 2 is 1.56 bits per heavy atom. The SMILES string of the molecule is CC(=O)Nc1cccc(Nc2ccc(C(=O)Nc3ccc(Cl)cc3)nc2)c1. The fourth-order valence-corrected chi connectivity index (χ4v) is 2.50. The van der Waals surface area contributed by atoms with Crippen molar-refractivity contribution in [2.75, 3.05) is 16.0 Å². The molecule has 1 heterocycles. The Balaban J connectivity index is 1.65. The van der Waals surface area contributed by atoms with Crippen molar-refractivity contribution in [3.8, 4) is 0 Å². The normalized spacial score (nSPS) is 10.1. The number of anilines is 4. The minimum atomic E-state index is -0.309. The van der Waals surface area contributed by atoms with Crippen molar-refractivity contribution in [2.24, 2.45) is 0 Å². The van der Waals surface area contributed by atoms with Gasteiger partial charge in [0.25, 0.3) is 5.91 Å². The molecule has 2 aromatic carbocycles. The van der Waals surface area contributed by atoms with Crippen LogP contribution in [0.4, 0.5) is 22.7 Å². The van der Waals surface area contributed by atoms with Crippen LogP contribution in [0.25, 0.3) is 0 Å². The van der Waals surface area contributed by atoms with Crippen LogP contribution in [0.3, 0.4) is 0 Å². The molecule has 0 spiro atoms. The molecule has 27 heavy (non-hydrogen) atoms. The number of nitrogens with zero attached hydrogens (tertiary/aromatic N) is 1. The maximum absolute atomic E-state index is 12.2. The Hall–Kier alpha value is -3.38. The number of amides is 2. The largest absolute Gasteiger partial charge is 0.354 e. The number of carbonyl (C=O) groups is 2. The Morgan fingerprint density at radius 1 is 0.852 bits per heavy atom. The fourth-order valence-electron chi connectivity index (χ4n) is 2.38. The quantitative estimate of drug-likeness (QED) is 0.599. The van der Waals surface area contributed by atoms with Crippen LogP contribution < -0.4 is 16.0 Å². The van der Waals surface area contributed by atoms with E-state index in [1.807, 2.05) is 18.2 Å². The number of pyridine rings is 1. The average molecular weight is 381 g/mol. The first-order chi connectivity index (χ1) is 13.0. The molecule has 6 nitrogen and oxygen atoms in total. The first-order valence-electron chi connectivity index (χ1n) is 8.17. The van der Waals surface area contributed by atoms with Crippen LogP contribution in [0.15, 0.2) is 66.9 Å². The second-order valence-electron chi connectivity index (χ2n) is 5.78. The highest BCUT2D eigenvalue weighted by Crippen LogP contribution is 2.20. The van der Waals surface area contributed by atoms with Crippen molar-refractivity contribution >= 4 is 46.2 Å². The van der Waals surface area contributed by atoms with Crippen LogP contribution in [0.5, 0.6) is 0 Å². The van der Waals surface area contributed by atoms with Gasteiger partial charge in [-0.25, -0.2) is 4.98 Å². The van der Waals surface area contributed by atoms with Crippen molar-refractivity contribution in [3.63, 3.8) is 0 Å². The van der Waals surface area contributed by atoms with Gasteiger partial charge in [0.2, 0.25) is 5.91 Å². The van der Waals surface area contributed by atoms with E-state index in [1.165, 1.54) is 6.92 Å². The highest BCUT2D eigenvalue weighted by Gasteiger charge is 2.08. The molecule has 7 heteroatoms. The molecule has 0 saturated carbocycles. The molecule has 3 rings (SSSR count). The first-order valence-corrected chi connectivity index (χ1v) is 8.55. The Labute approximate surface area is 161 Å². The predicted octanol–water partition coefficient (Wildman–Crippen LogP) is 4.69. The number of halogens is 1. The Kier molecular flexibility index (Phi) is 5.68. The van der Waals surface area contributed by atoms with Crippen molar-refractivity contribution in [3.05, 3.63) is 77.6 Å². The van der Waals surface area contributed by atoms with Crippen LogP contribution >= 0.6 is 11.6 Å². The second-order valence-corrected chi connectivity index (χ2v) is 6.22. The van der Waals surface area contributed by atoms with E-state index in [1.54, 1.807) is 48.7 Å². The van der Waals surface area contributed by atoms with Crippen molar-refractivity contribution in [2.45, 2.75) is 6.92 Å². The summed E-state index contributed by atoms with van der Waals surface area (Å²) in [4.78, 5) is 27.6. The molecule has 3 aromatic rings. The summed E-state index contributed by atoms with van der Waals surface area (Å²) in [6.07, 6.45) is 1.57. The van der Waals surface area contributed by atoms with Crippen LogP contribution in [0, 0.1) is 0 Å². The number of aromatic nitrogens is 1. The smallest absolute Gasteiger partial charge is 0.274 e. The monoisotopic (exact) mass is 380 g/mol. The number of nitrogens with one attached hydrogen (secondary N) is 3. The molecule has 0 aliphatic heterocycles. The molecule has 1 aromatic heterocycles. The highest BCUT2D eigenvalue weighted by atomic mass is 35.5. The third-order valence-electron chi connectivity index (χ3n) is 3.57. The number of hydrogen-bond donors (Lipinski definition) is 3. The number of benzene rings is 2.